The van der Waals surface area contributed by atoms with E-state index in [2.05, 4.69) is 61.9 Å². The fraction of sp³-hybridized carbons (Fsp3) is 0.364. The molecule has 0 fully saturated rings. The standard InChI is InChI=1S/C22H29N5.HI/c1-23-22(26-16-8-7-15-25-21-11-5-6-14-24-21)27-17-12-20(13-18-27)19-9-3-2-4-10-19;/h2-6,9-12,14H,7-8,13,15-18H2,1H3,(H,23,26)(H,24,25);1H. The molecule has 2 N–H and O–H groups in total. The number of aromatic nitrogens is 1. The van der Waals surface area contributed by atoms with E-state index < -0.39 is 0 Å². The Kier molecular flexibility index (Phi) is 9.82. The van der Waals surface area contributed by atoms with Crippen LogP contribution in [0.15, 0.2) is 65.8 Å². The molecule has 1 aliphatic rings. The summed E-state index contributed by atoms with van der Waals surface area (Å²) in [6.45, 7) is 3.78. The van der Waals surface area contributed by atoms with Gasteiger partial charge in [0.2, 0.25) is 0 Å². The minimum atomic E-state index is 0. The van der Waals surface area contributed by atoms with E-state index >= 15 is 0 Å². The van der Waals surface area contributed by atoms with Gasteiger partial charge in [0.15, 0.2) is 5.96 Å². The van der Waals surface area contributed by atoms with Crippen LogP contribution in [0.25, 0.3) is 5.57 Å². The van der Waals surface area contributed by atoms with Crippen LogP contribution >= 0.6 is 24.0 Å². The van der Waals surface area contributed by atoms with Gasteiger partial charge in [0.1, 0.15) is 5.82 Å². The molecular weight excluding hydrogens is 461 g/mol. The maximum atomic E-state index is 4.45. The average molecular weight is 491 g/mol. The highest BCUT2D eigenvalue weighted by molar-refractivity contribution is 14.0. The van der Waals surface area contributed by atoms with Gasteiger partial charge in [-0.05, 0) is 42.5 Å². The van der Waals surface area contributed by atoms with Crippen molar-refractivity contribution in [1.29, 1.82) is 0 Å². The largest absolute Gasteiger partial charge is 0.370 e. The van der Waals surface area contributed by atoms with Crippen molar-refractivity contribution in [3.05, 3.63) is 66.4 Å². The molecule has 0 saturated heterocycles. The van der Waals surface area contributed by atoms with Gasteiger partial charge in [-0.3, -0.25) is 4.99 Å². The number of rotatable bonds is 7. The van der Waals surface area contributed by atoms with Gasteiger partial charge in [-0.25, -0.2) is 4.98 Å². The summed E-state index contributed by atoms with van der Waals surface area (Å²) in [4.78, 5) is 11.0. The number of hydrogen-bond donors (Lipinski definition) is 2. The van der Waals surface area contributed by atoms with Gasteiger partial charge in [0.05, 0.1) is 0 Å². The van der Waals surface area contributed by atoms with Crippen molar-refractivity contribution in [3.63, 3.8) is 0 Å². The molecule has 3 rings (SSSR count). The van der Waals surface area contributed by atoms with Crippen LogP contribution in [0.2, 0.25) is 0 Å². The number of nitrogens with zero attached hydrogens (tertiary/aromatic N) is 3. The predicted octanol–water partition coefficient (Wildman–Crippen LogP) is 4.26. The third kappa shape index (κ3) is 6.82. The van der Waals surface area contributed by atoms with Crippen LogP contribution in [0.1, 0.15) is 24.8 Å². The summed E-state index contributed by atoms with van der Waals surface area (Å²) in [6.07, 6.45) is 7.38. The highest BCUT2D eigenvalue weighted by Crippen LogP contribution is 2.21. The second-order valence-corrected chi connectivity index (χ2v) is 6.61. The van der Waals surface area contributed by atoms with Crippen LogP contribution in [0.4, 0.5) is 5.82 Å². The van der Waals surface area contributed by atoms with Crippen molar-refractivity contribution < 1.29 is 0 Å². The third-order valence-corrected chi connectivity index (χ3v) is 4.72. The van der Waals surface area contributed by atoms with Gasteiger partial charge in [0.25, 0.3) is 0 Å². The molecule has 0 bridgehead atoms. The van der Waals surface area contributed by atoms with E-state index in [1.807, 2.05) is 31.4 Å². The molecule has 2 heterocycles. The molecule has 0 unspecified atom stereocenters. The maximum Gasteiger partial charge on any atom is 0.193 e. The SMILES string of the molecule is CN=C(NCCCCNc1ccccn1)N1CC=C(c2ccccc2)CC1.I. The first-order valence-electron chi connectivity index (χ1n) is 9.72. The Morgan fingerprint density at radius 1 is 1.07 bits per heavy atom. The minimum absolute atomic E-state index is 0. The second kappa shape index (κ2) is 12.4. The number of hydrogen-bond acceptors (Lipinski definition) is 3. The van der Waals surface area contributed by atoms with E-state index in [-0.39, 0.29) is 24.0 Å². The number of anilines is 1. The third-order valence-electron chi connectivity index (χ3n) is 4.72. The van der Waals surface area contributed by atoms with Crippen LogP contribution in [0, 0.1) is 0 Å². The van der Waals surface area contributed by atoms with Crippen LogP contribution in [-0.2, 0) is 0 Å². The lowest BCUT2D eigenvalue weighted by Crippen LogP contribution is -2.43. The lowest BCUT2D eigenvalue weighted by Gasteiger charge is -2.29. The molecule has 0 spiro atoms. The highest BCUT2D eigenvalue weighted by Gasteiger charge is 2.15. The monoisotopic (exact) mass is 491 g/mol. The predicted molar refractivity (Wildman–Crippen MR) is 129 cm³/mol. The maximum absolute atomic E-state index is 4.45. The van der Waals surface area contributed by atoms with E-state index in [4.69, 9.17) is 0 Å². The van der Waals surface area contributed by atoms with Crippen molar-refractivity contribution in [2.24, 2.45) is 4.99 Å². The molecular formula is C22H30IN5. The molecule has 2 aromatic rings. The second-order valence-electron chi connectivity index (χ2n) is 6.61. The molecule has 150 valence electrons. The van der Waals surface area contributed by atoms with E-state index in [1.54, 1.807) is 0 Å². The first-order valence-corrected chi connectivity index (χ1v) is 9.72. The van der Waals surface area contributed by atoms with E-state index in [0.29, 0.717) is 0 Å². The molecule has 0 aliphatic carbocycles. The molecule has 6 heteroatoms. The van der Waals surface area contributed by atoms with E-state index in [9.17, 15) is 0 Å². The van der Waals surface area contributed by atoms with Gasteiger partial charge in [-0.1, -0.05) is 42.5 Å². The Balaban J connectivity index is 0.00000280. The van der Waals surface area contributed by atoms with Crippen molar-refractivity contribution >= 4 is 41.3 Å². The molecule has 1 aromatic carbocycles. The van der Waals surface area contributed by atoms with Crippen molar-refractivity contribution in [2.75, 3.05) is 38.5 Å². The summed E-state index contributed by atoms with van der Waals surface area (Å²) in [7, 11) is 1.86. The average Bonchev–Trinajstić information content (AvgIpc) is 2.75. The number of nitrogens with one attached hydrogen (secondary N) is 2. The summed E-state index contributed by atoms with van der Waals surface area (Å²) >= 11 is 0. The topological polar surface area (TPSA) is 52.6 Å². The van der Waals surface area contributed by atoms with Gasteiger partial charge in [-0.15, -0.1) is 24.0 Å². The summed E-state index contributed by atoms with van der Waals surface area (Å²) in [5.41, 5.74) is 2.77. The van der Waals surface area contributed by atoms with E-state index in [0.717, 1.165) is 57.2 Å². The first kappa shape index (κ1) is 22.2. The smallest absolute Gasteiger partial charge is 0.193 e. The quantitative estimate of drug-likeness (QED) is 0.263. The summed E-state index contributed by atoms with van der Waals surface area (Å²) in [5, 5.41) is 6.84. The van der Waals surface area contributed by atoms with E-state index in [1.165, 1.54) is 11.1 Å². The molecule has 0 radical (unpaired) electrons. The normalized spacial score (nSPS) is 14.1. The van der Waals surface area contributed by atoms with Gasteiger partial charge >= 0.3 is 0 Å². The van der Waals surface area contributed by atoms with Crippen molar-refractivity contribution in [3.8, 4) is 0 Å². The minimum Gasteiger partial charge on any atom is -0.370 e. The number of guanidine groups is 1. The van der Waals surface area contributed by atoms with Gasteiger partial charge in [0, 0.05) is 39.4 Å². The molecule has 5 nitrogen and oxygen atoms in total. The zero-order chi connectivity index (χ0) is 18.7. The number of unbranched alkanes of at least 4 members (excludes halogenated alkanes) is 1. The molecule has 1 aromatic heterocycles. The number of aliphatic imine (C=N–C) groups is 1. The molecule has 1 aliphatic heterocycles. The summed E-state index contributed by atoms with van der Waals surface area (Å²) < 4.78 is 0. The lowest BCUT2D eigenvalue weighted by atomic mass is 10.00. The van der Waals surface area contributed by atoms with Crippen LogP contribution < -0.4 is 10.6 Å². The summed E-state index contributed by atoms with van der Waals surface area (Å²) in [5.74, 6) is 1.94. The molecule has 28 heavy (non-hydrogen) atoms. The Bertz CT molecular complexity index is 746. The zero-order valence-corrected chi connectivity index (χ0v) is 18.8. The Labute approximate surface area is 185 Å². The Morgan fingerprint density at radius 2 is 1.86 bits per heavy atom. The van der Waals surface area contributed by atoms with Crippen LogP contribution in [-0.4, -0.2) is 49.1 Å². The molecule has 0 saturated carbocycles. The Morgan fingerprint density at radius 3 is 2.54 bits per heavy atom. The lowest BCUT2D eigenvalue weighted by molar-refractivity contribution is 0.439. The number of benzene rings is 1. The molecule has 0 atom stereocenters. The number of pyridine rings is 1. The first-order chi connectivity index (χ1) is 13.4. The fourth-order valence-electron chi connectivity index (χ4n) is 3.24. The Hall–Kier alpha value is -2.09. The van der Waals surface area contributed by atoms with Crippen molar-refractivity contribution in [2.45, 2.75) is 19.3 Å². The highest BCUT2D eigenvalue weighted by atomic mass is 127. The molecule has 0 amide bonds. The van der Waals surface area contributed by atoms with Gasteiger partial charge in [-0.2, -0.15) is 0 Å². The van der Waals surface area contributed by atoms with Gasteiger partial charge < -0.3 is 15.5 Å². The van der Waals surface area contributed by atoms with Crippen LogP contribution in [0.5, 0.6) is 0 Å². The number of halogens is 1. The van der Waals surface area contributed by atoms with Crippen LogP contribution in [0.3, 0.4) is 0 Å². The fourth-order valence-corrected chi connectivity index (χ4v) is 3.24. The summed E-state index contributed by atoms with van der Waals surface area (Å²) in [6, 6.07) is 16.6. The zero-order valence-electron chi connectivity index (χ0n) is 16.5. The van der Waals surface area contributed by atoms with Crippen molar-refractivity contribution in [1.82, 2.24) is 15.2 Å².